The van der Waals surface area contributed by atoms with Gasteiger partial charge in [0.25, 0.3) is 0 Å². The van der Waals surface area contributed by atoms with Crippen molar-refractivity contribution in [2.45, 2.75) is 108 Å². The van der Waals surface area contributed by atoms with Gasteiger partial charge in [-0.1, -0.05) is 29.5 Å². The van der Waals surface area contributed by atoms with Gasteiger partial charge in [-0.3, -0.25) is 43.0 Å². The highest BCUT2D eigenvalue weighted by atomic mass is 16.2. The lowest BCUT2D eigenvalue weighted by atomic mass is 9.83. The van der Waals surface area contributed by atoms with Crippen LogP contribution in [0.2, 0.25) is 0 Å². The molecule has 19 N–H and O–H groups in total. The molecular formula is C43H60N16O8. The molecule has 67 heavy (non-hydrogen) atoms. The van der Waals surface area contributed by atoms with Crippen LogP contribution >= 0.6 is 0 Å². The molecule has 360 valence electrons. The van der Waals surface area contributed by atoms with Gasteiger partial charge in [0.15, 0.2) is 17.7 Å². The number of carbonyl (C=O) groups excluding carboxylic acids is 8. The number of hydrogen-bond donors (Lipinski definition) is 11. The minimum absolute atomic E-state index is 0.0805. The Morgan fingerprint density at radius 3 is 1.75 bits per heavy atom. The smallest absolute Gasteiger partial charge is 0.243 e. The summed E-state index contributed by atoms with van der Waals surface area (Å²) in [7, 11) is 0. The number of aliphatic imine (C=N–C) groups is 2. The molecule has 0 fully saturated rings. The number of Topliss-reactive ketones (excluding diaryl/α,β-unsaturated/α-hetero) is 2. The lowest BCUT2D eigenvalue weighted by Crippen LogP contribution is -2.54. The molecule has 0 saturated heterocycles. The van der Waals surface area contributed by atoms with Gasteiger partial charge in [-0.15, -0.1) is 5.10 Å². The van der Waals surface area contributed by atoms with E-state index in [4.69, 9.17) is 45.9 Å². The van der Waals surface area contributed by atoms with E-state index in [0.717, 1.165) is 0 Å². The Bertz CT molecular complexity index is 2310. The molecule has 2 bridgehead atoms. The number of fused-ring (bicyclic) bond motifs is 2. The van der Waals surface area contributed by atoms with Gasteiger partial charge in [0.1, 0.15) is 17.9 Å². The second-order valence-corrected chi connectivity index (χ2v) is 16.4. The average molecular weight is 929 g/mol. The van der Waals surface area contributed by atoms with E-state index in [0.29, 0.717) is 47.6 Å². The van der Waals surface area contributed by atoms with Crippen molar-refractivity contribution in [1.29, 1.82) is 0 Å². The fraction of sp³-hybridized carbons (Fsp3) is 0.442. The van der Waals surface area contributed by atoms with E-state index in [-0.39, 0.29) is 63.3 Å². The van der Waals surface area contributed by atoms with E-state index in [2.05, 4.69) is 36.2 Å². The lowest BCUT2D eigenvalue weighted by molar-refractivity contribution is -0.135. The number of hydrogen-bond acceptors (Lipinski definition) is 13. The number of carbonyl (C=O) groups is 8. The van der Waals surface area contributed by atoms with Crippen molar-refractivity contribution in [3.05, 3.63) is 71.5 Å². The molecule has 1 aliphatic rings. The molecule has 0 saturated carbocycles. The second-order valence-electron chi connectivity index (χ2n) is 16.4. The molecule has 3 aromatic rings. The van der Waals surface area contributed by atoms with Gasteiger partial charge in [-0.05, 0) is 73.9 Å². The van der Waals surface area contributed by atoms with Gasteiger partial charge >= 0.3 is 0 Å². The van der Waals surface area contributed by atoms with E-state index < -0.39 is 95.9 Å². The highest BCUT2D eigenvalue weighted by Gasteiger charge is 2.34. The first-order valence-electron chi connectivity index (χ1n) is 21.6. The normalized spacial score (nSPS) is 21.7. The van der Waals surface area contributed by atoms with E-state index in [1.54, 1.807) is 54.7 Å². The maximum absolute atomic E-state index is 14.6. The van der Waals surface area contributed by atoms with Crippen LogP contribution in [0.15, 0.2) is 64.7 Å². The molecule has 2 heterocycles. The zero-order chi connectivity index (χ0) is 49.2. The second kappa shape index (κ2) is 25.1. The van der Waals surface area contributed by atoms with Crippen LogP contribution < -0.4 is 61.8 Å². The first-order valence-corrected chi connectivity index (χ1v) is 21.6. The summed E-state index contributed by atoms with van der Waals surface area (Å²) in [6.07, 6.45) is 0.189. The number of primary amides is 3. The van der Waals surface area contributed by atoms with Crippen LogP contribution in [0, 0.1) is 11.8 Å². The third kappa shape index (κ3) is 17.6. The number of nitrogens with one attached hydrogen (secondary N) is 3. The maximum Gasteiger partial charge on any atom is 0.243 e. The van der Waals surface area contributed by atoms with E-state index >= 15 is 0 Å². The van der Waals surface area contributed by atoms with E-state index in [9.17, 15) is 38.4 Å². The minimum Gasteiger partial charge on any atom is -0.370 e. The van der Waals surface area contributed by atoms with Crippen LogP contribution in [0.3, 0.4) is 0 Å². The third-order valence-corrected chi connectivity index (χ3v) is 10.9. The summed E-state index contributed by atoms with van der Waals surface area (Å²) in [5.74, 6) is -8.68. The average Bonchev–Trinajstić information content (AvgIpc) is 3.71. The number of nitrogens with zero attached hydrogens (tertiary/aromatic N) is 5. The zero-order valence-corrected chi connectivity index (χ0v) is 37.0. The molecule has 1 aromatic heterocycles. The van der Waals surface area contributed by atoms with Crippen LogP contribution in [0.1, 0.15) is 74.6 Å². The summed E-state index contributed by atoms with van der Waals surface area (Å²) < 4.78 is 1.51. The highest BCUT2D eigenvalue weighted by Crippen LogP contribution is 2.24. The molecule has 24 nitrogen and oxygen atoms in total. The number of aromatic nitrogens is 3. The molecule has 1 aliphatic heterocycles. The molecule has 2 aromatic carbocycles. The zero-order valence-electron chi connectivity index (χ0n) is 37.0. The molecule has 4 rings (SSSR count). The predicted octanol–water partition coefficient (Wildman–Crippen LogP) is -2.75. The Kier molecular flexibility index (Phi) is 19.4. The number of aryl methyl sites for hydroxylation is 1. The molecule has 0 spiro atoms. The van der Waals surface area contributed by atoms with Gasteiger partial charge in [0.2, 0.25) is 35.4 Å². The predicted molar refractivity (Wildman–Crippen MR) is 245 cm³/mol. The quantitative estimate of drug-likeness (QED) is 0.0611. The molecule has 6 amide bonds. The SMILES string of the molecule is NC(=O)CC[C@H]1CC(=O)[C@@H](CCC(N)=O)NC(=O)[C@@H](N)Cc2cn(nn2)CCCCC(C(N)=O)NC(=O)[C@@H](Cc2ccc(N=C(N)N)cc2)NC(=O)[C@@H](Cc2ccc(N=C(N)N)cc2)CC1=O. The van der Waals surface area contributed by atoms with Crippen molar-refractivity contribution in [2.24, 2.45) is 67.7 Å². The van der Waals surface area contributed by atoms with Crippen LogP contribution in [0.25, 0.3) is 0 Å². The minimum atomic E-state index is -1.34. The molecule has 24 heteroatoms. The Labute approximate surface area is 385 Å². The van der Waals surface area contributed by atoms with Gasteiger partial charge in [0.05, 0.1) is 29.2 Å². The Morgan fingerprint density at radius 2 is 1.18 bits per heavy atom. The maximum atomic E-state index is 14.6. The van der Waals surface area contributed by atoms with Gasteiger partial charge in [-0.25, -0.2) is 9.98 Å². The number of ketones is 2. The summed E-state index contributed by atoms with van der Waals surface area (Å²) in [5.41, 5.74) is 47.3. The van der Waals surface area contributed by atoms with Crippen LogP contribution in [-0.4, -0.2) is 98.1 Å². The van der Waals surface area contributed by atoms with Gasteiger partial charge < -0.3 is 61.8 Å². The largest absolute Gasteiger partial charge is 0.370 e. The van der Waals surface area contributed by atoms with E-state index in [1.807, 2.05) is 0 Å². The summed E-state index contributed by atoms with van der Waals surface area (Å²) in [6.45, 7) is 0.333. The Morgan fingerprint density at radius 1 is 0.627 bits per heavy atom. The number of benzene rings is 2. The summed E-state index contributed by atoms with van der Waals surface area (Å²) >= 11 is 0. The monoisotopic (exact) mass is 928 g/mol. The van der Waals surface area contributed by atoms with Gasteiger partial charge in [-0.2, -0.15) is 0 Å². The standard InChI is InChI=1S/C43H60N16O8/c44-30-21-29-22-59(58-57-29)16-2-1-3-32(38(47)64)55-41(67)33(18-24-6-11-28(12-7-24)53-43(50)51)56-39(65)26(17-23-4-9-27(10-5-23)52-42(48)49)20-34(60)25(8-14-36(45)62)19-35(61)31(54-40(30)66)13-15-37(46)63/h4-7,9-12,22,25-26,30-33H,1-3,8,13-21,44H2,(H2,45,62)(H2,46,63)(H2,47,64)(H,54,66)(H,55,67)(H,56,65)(H4,48,49,52)(H4,50,51,53)/t25-,26-,30-,31+,32?,33+/m0/s1. The molecular weight excluding hydrogens is 869 g/mol. The summed E-state index contributed by atoms with van der Waals surface area (Å²) in [4.78, 5) is 115. The molecule has 0 radical (unpaired) electrons. The topological polar surface area (TPSA) is 436 Å². The number of rotatable bonds is 13. The van der Waals surface area contributed by atoms with E-state index in [1.165, 1.54) is 4.68 Å². The van der Waals surface area contributed by atoms with Crippen molar-refractivity contribution >= 4 is 70.3 Å². The number of nitrogens with two attached hydrogens (primary N) is 8. The first-order chi connectivity index (χ1) is 31.8. The van der Waals surface area contributed by atoms with Crippen molar-refractivity contribution in [2.75, 3.05) is 0 Å². The van der Waals surface area contributed by atoms with Crippen LogP contribution in [-0.2, 0) is 64.2 Å². The number of guanidine groups is 2. The summed E-state index contributed by atoms with van der Waals surface area (Å²) in [5, 5.41) is 16.2. The first kappa shape index (κ1) is 51.9. The van der Waals surface area contributed by atoms with Gasteiger partial charge in [0, 0.05) is 63.1 Å². The fourth-order valence-electron chi connectivity index (χ4n) is 7.39. The molecule has 6 atom stereocenters. The number of amides is 6. The third-order valence-electron chi connectivity index (χ3n) is 10.9. The Balaban J connectivity index is 1.78. The fourth-order valence-corrected chi connectivity index (χ4v) is 7.39. The Hall–Kier alpha value is -7.76. The lowest BCUT2D eigenvalue weighted by Gasteiger charge is -2.26. The molecule has 1 unspecified atom stereocenters. The van der Waals surface area contributed by atoms with Crippen molar-refractivity contribution in [3.8, 4) is 0 Å². The highest BCUT2D eigenvalue weighted by molar-refractivity contribution is 5.97. The summed E-state index contributed by atoms with van der Waals surface area (Å²) in [6, 6.07) is 7.89. The van der Waals surface area contributed by atoms with Crippen molar-refractivity contribution in [3.63, 3.8) is 0 Å². The van der Waals surface area contributed by atoms with Crippen molar-refractivity contribution in [1.82, 2.24) is 30.9 Å². The van der Waals surface area contributed by atoms with Crippen LogP contribution in [0.5, 0.6) is 0 Å². The van der Waals surface area contributed by atoms with Crippen molar-refractivity contribution < 1.29 is 38.4 Å². The van der Waals surface area contributed by atoms with Crippen LogP contribution in [0.4, 0.5) is 11.4 Å². The molecule has 0 aliphatic carbocycles.